The number of nitrogens with one attached hydrogen (secondary N) is 2. The topological polar surface area (TPSA) is 69.8 Å². The minimum absolute atomic E-state index is 0. The molecule has 0 amide bonds. The molecule has 1 aromatic carbocycles. The summed E-state index contributed by atoms with van der Waals surface area (Å²) in [6.07, 6.45) is -2.30. The minimum Gasteiger partial charge on any atom is -0.466 e. The van der Waals surface area contributed by atoms with Gasteiger partial charge in [-0.25, -0.2) is 4.99 Å². The molecule has 9 heteroatoms. The Hall–Kier alpha value is -1.75. The van der Waals surface area contributed by atoms with Crippen LogP contribution < -0.4 is 10.6 Å². The lowest BCUT2D eigenvalue weighted by atomic mass is 10.0. The zero-order valence-electron chi connectivity index (χ0n) is 15.7. The van der Waals surface area contributed by atoms with Crippen molar-refractivity contribution in [2.45, 2.75) is 32.0 Å². The zero-order chi connectivity index (χ0) is 19.9. The zero-order valence-corrected chi connectivity index (χ0v) is 18.0. The van der Waals surface area contributed by atoms with Crippen molar-refractivity contribution in [2.24, 2.45) is 4.99 Å². The molecule has 0 saturated carbocycles. The fraction of sp³-hybridized carbons (Fsp3) is 0.421. The second-order valence-corrected chi connectivity index (χ2v) is 6.32. The first-order valence-electron chi connectivity index (χ1n) is 8.67. The standard InChI is InChI=1S/C19H24F3N3O2.HI/c1-3-23-17(25-13-18(2,26)16-5-4-12-27-16)24-11-10-14-6-8-15(9-7-14)19(20,21)22;/h4-9,12,26H,3,10-11,13H2,1-2H3,(H2,23,24,25);1H. The van der Waals surface area contributed by atoms with E-state index >= 15 is 0 Å². The van der Waals surface area contributed by atoms with Crippen molar-refractivity contribution < 1.29 is 22.7 Å². The molecule has 0 aliphatic carbocycles. The molecule has 0 bridgehead atoms. The summed E-state index contributed by atoms with van der Waals surface area (Å²) in [6, 6.07) is 8.47. The molecule has 0 radical (unpaired) electrons. The molecule has 28 heavy (non-hydrogen) atoms. The molecule has 2 rings (SSSR count). The van der Waals surface area contributed by atoms with Crippen LogP contribution in [0.25, 0.3) is 0 Å². The van der Waals surface area contributed by atoms with Crippen molar-refractivity contribution in [1.29, 1.82) is 0 Å². The molecule has 1 aromatic heterocycles. The Morgan fingerprint density at radius 3 is 2.36 bits per heavy atom. The average Bonchev–Trinajstić information content (AvgIpc) is 3.15. The Kier molecular flexibility index (Phi) is 9.28. The van der Waals surface area contributed by atoms with Crippen molar-refractivity contribution >= 4 is 29.9 Å². The second kappa shape index (κ2) is 10.7. The quantitative estimate of drug-likeness (QED) is 0.300. The summed E-state index contributed by atoms with van der Waals surface area (Å²) < 4.78 is 43.0. The lowest BCUT2D eigenvalue weighted by molar-refractivity contribution is -0.137. The van der Waals surface area contributed by atoms with Gasteiger partial charge >= 0.3 is 6.18 Å². The van der Waals surface area contributed by atoms with E-state index in [1.165, 1.54) is 18.4 Å². The first-order valence-corrected chi connectivity index (χ1v) is 8.67. The Bertz CT molecular complexity index is 730. The minimum atomic E-state index is -4.33. The summed E-state index contributed by atoms with van der Waals surface area (Å²) in [4.78, 5) is 4.35. The highest BCUT2D eigenvalue weighted by Gasteiger charge is 2.30. The molecule has 0 aliphatic heterocycles. The molecule has 0 saturated heterocycles. The number of guanidine groups is 1. The molecular weight excluding hydrogens is 486 g/mol. The highest BCUT2D eigenvalue weighted by Crippen LogP contribution is 2.29. The maximum absolute atomic E-state index is 12.6. The number of aliphatic hydroxyl groups is 1. The molecular formula is C19H25F3IN3O2. The average molecular weight is 511 g/mol. The maximum atomic E-state index is 12.6. The smallest absolute Gasteiger partial charge is 0.416 e. The number of halogens is 4. The monoisotopic (exact) mass is 511 g/mol. The van der Waals surface area contributed by atoms with E-state index in [0.29, 0.717) is 31.2 Å². The van der Waals surface area contributed by atoms with Crippen molar-refractivity contribution in [1.82, 2.24) is 10.6 Å². The molecule has 2 aromatic rings. The second-order valence-electron chi connectivity index (χ2n) is 6.32. The Morgan fingerprint density at radius 1 is 1.14 bits per heavy atom. The van der Waals surface area contributed by atoms with Gasteiger partial charge in [-0.3, -0.25) is 0 Å². The third-order valence-corrected chi connectivity index (χ3v) is 3.93. The summed E-state index contributed by atoms with van der Waals surface area (Å²) in [7, 11) is 0. The first kappa shape index (κ1) is 24.3. The van der Waals surface area contributed by atoms with Gasteiger partial charge in [0.2, 0.25) is 0 Å². The fourth-order valence-corrected chi connectivity index (χ4v) is 2.42. The highest BCUT2D eigenvalue weighted by molar-refractivity contribution is 14.0. The van der Waals surface area contributed by atoms with Gasteiger partial charge in [-0.05, 0) is 50.1 Å². The lowest BCUT2D eigenvalue weighted by Crippen LogP contribution is -2.39. The van der Waals surface area contributed by atoms with Crippen LogP contribution in [0.1, 0.15) is 30.7 Å². The van der Waals surface area contributed by atoms with Gasteiger partial charge in [-0.2, -0.15) is 13.2 Å². The lowest BCUT2D eigenvalue weighted by Gasteiger charge is -2.19. The molecule has 1 unspecified atom stereocenters. The third kappa shape index (κ3) is 7.34. The van der Waals surface area contributed by atoms with Crippen LogP contribution >= 0.6 is 24.0 Å². The van der Waals surface area contributed by atoms with E-state index in [0.717, 1.165) is 17.7 Å². The number of rotatable bonds is 7. The largest absolute Gasteiger partial charge is 0.466 e. The van der Waals surface area contributed by atoms with Crippen LogP contribution in [0.4, 0.5) is 13.2 Å². The number of furan rings is 1. The number of aliphatic imine (C=N–C) groups is 1. The molecule has 3 N–H and O–H groups in total. The van der Waals surface area contributed by atoms with E-state index in [1.807, 2.05) is 6.92 Å². The SMILES string of the molecule is CCNC(=NCC(C)(O)c1ccco1)NCCc1ccc(C(F)(F)F)cc1.I. The highest BCUT2D eigenvalue weighted by atomic mass is 127. The molecule has 0 spiro atoms. The number of hydrogen-bond donors (Lipinski definition) is 3. The molecule has 0 fully saturated rings. The molecule has 5 nitrogen and oxygen atoms in total. The number of alkyl halides is 3. The van der Waals surface area contributed by atoms with Crippen LogP contribution in [0.2, 0.25) is 0 Å². The molecule has 156 valence electrons. The van der Waals surface area contributed by atoms with E-state index in [1.54, 1.807) is 19.1 Å². The van der Waals surface area contributed by atoms with E-state index in [4.69, 9.17) is 4.42 Å². The van der Waals surface area contributed by atoms with Gasteiger partial charge in [0.15, 0.2) is 5.96 Å². The predicted molar refractivity (Wildman–Crippen MR) is 113 cm³/mol. The van der Waals surface area contributed by atoms with Crippen molar-refractivity contribution in [3.8, 4) is 0 Å². The van der Waals surface area contributed by atoms with Gasteiger partial charge < -0.3 is 20.2 Å². The first-order chi connectivity index (χ1) is 12.7. The van der Waals surface area contributed by atoms with Crippen molar-refractivity contribution in [3.63, 3.8) is 0 Å². The van der Waals surface area contributed by atoms with Crippen LogP contribution in [0.3, 0.4) is 0 Å². The van der Waals surface area contributed by atoms with Crippen LogP contribution in [0, 0.1) is 0 Å². The molecule has 1 heterocycles. The molecule has 1 atom stereocenters. The summed E-state index contributed by atoms with van der Waals surface area (Å²) >= 11 is 0. The maximum Gasteiger partial charge on any atom is 0.416 e. The normalized spacial score (nSPS) is 14.1. The predicted octanol–water partition coefficient (Wildman–Crippen LogP) is 3.92. The van der Waals surface area contributed by atoms with Gasteiger partial charge in [-0.1, -0.05) is 12.1 Å². The van der Waals surface area contributed by atoms with Gasteiger partial charge in [0, 0.05) is 13.1 Å². The summed E-state index contributed by atoms with van der Waals surface area (Å²) in [5, 5.41) is 16.6. The van der Waals surface area contributed by atoms with Gasteiger partial charge in [0.1, 0.15) is 11.4 Å². The fourth-order valence-electron chi connectivity index (χ4n) is 2.42. The Balaban J connectivity index is 0.00000392. The number of hydrogen-bond acceptors (Lipinski definition) is 3. The van der Waals surface area contributed by atoms with E-state index < -0.39 is 17.3 Å². The van der Waals surface area contributed by atoms with E-state index in [-0.39, 0.29) is 30.5 Å². The number of benzene rings is 1. The van der Waals surface area contributed by atoms with Crippen molar-refractivity contribution in [3.05, 3.63) is 59.5 Å². The van der Waals surface area contributed by atoms with E-state index in [2.05, 4.69) is 15.6 Å². The van der Waals surface area contributed by atoms with Gasteiger partial charge in [0.25, 0.3) is 0 Å². The van der Waals surface area contributed by atoms with Crippen LogP contribution in [-0.4, -0.2) is 30.7 Å². The van der Waals surface area contributed by atoms with Crippen LogP contribution in [0.5, 0.6) is 0 Å². The summed E-state index contributed by atoms with van der Waals surface area (Å²) in [5.74, 6) is 0.933. The van der Waals surface area contributed by atoms with E-state index in [9.17, 15) is 18.3 Å². The van der Waals surface area contributed by atoms with Crippen molar-refractivity contribution in [2.75, 3.05) is 19.6 Å². The summed E-state index contributed by atoms with van der Waals surface area (Å²) in [5.41, 5.74) is -1.11. The van der Waals surface area contributed by atoms with Gasteiger partial charge in [0.05, 0.1) is 18.4 Å². The van der Waals surface area contributed by atoms with Gasteiger partial charge in [-0.15, -0.1) is 24.0 Å². The summed E-state index contributed by atoms with van der Waals surface area (Å²) in [6.45, 7) is 4.74. The third-order valence-electron chi connectivity index (χ3n) is 3.93. The Labute approximate surface area is 179 Å². The van der Waals surface area contributed by atoms with Crippen LogP contribution in [-0.2, 0) is 18.2 Å². The molecule has 0 aliphatic rings. The Morgan fingerprint density at radius 2 is 1.82 bits per heavy atom. The van der Waals surface area contributed by atoms with Crippen LogP contribution in [0.15, 0.2) is 52.1 Å². The number of nitrogens with zero attached hydrogens (tertiary/aromatic N) is 1.